The highest BCUT2D eigenvalue weighted by Gasteiger charge is 2.41. The van der Waals surface area contributed by atoms with Gasteiger partial charge in [0.15, 0.2) is 6.10 Å². The van der Waals surface area contributed by atoms with Crippen LogP contribution in [0.4, 0.5) is 11.4 Å². The summed E-state index contributed by atoms with van der Waals surface area (Å²) in [6.45, 7) is 3.42. The van der Waals surface area contributed by atoms with Crippen LogP contribution in [0.5, 0.6) is 11.5 Å². The van der Waals surface area contributed by atoms with Crippen LogP contribution in [0, 0.1) is 6.92 Å². The summed E-state index contributed by atoms with van der Waals surface area (Å²) >= 11 is 6.04. The maximum Gasteiger partial charge on any atom is 0.265 e. The van der Waals surface area contributed by atoms with Gasteiger partial charge in [-0.05, 0) is 56.5 Å². The second kappa shape index (κ2) is 8.85. The lowest BCUT2D eigenvalue weighted by Gasteiger charge is -2.27. The molecule has 1 saturated heterocycles. The SMILES string of the molecule is COc1ccc(Cl)cc1NC(=O)[C@H]1CCCN1S(=O)(=O)c1cc2c(cc1C)NC(=O)[C@H](C)O2. The Morgan fingerprint density at radius 1 is 1.30 bits per heavy atom. The molecule has 2 heterocycles. The molecule has 0 unspecified atom stereocenters. The highest BCUT2D eigenvalue weighted by Crippen LogP contribution is 2.37. The molecule has 2 aliphatic rings. The summed E-state index contributed by atoms with van der Waals surface area (Å²) in [6, 6.07) is 6.88. The normalized spacial score (nSPS) is 20.5. The molecule has 0 saturated carbocycles. The maximum absolute atomic E-state index is 13.6. The van der Waals surface area contributed by atoms with E-state index in [0.29, 0.717) is 40.6 Å². The molecule has 0 radical (unpaired) electrons. The minimum atomic E-state index is -4.02. The van der Waals surface area contributed by atoms with Crippen LogP contribution in [-0.2, 0) is 19.6 Å². The van der Waals surface area contributed by atoms with E-state index in [0.717, 1.165) is 0 Å². The van der Waals surface area contributed by atoms with Gasteiger partial charge in [-0.25, -0.2) is 8.42 Å². The highest BCUT2D eigenvalue weighted by atomic mass is 35.5. The molecule has 2 aromatic rings. The fourth-order valence-electron chi connectivity index (χ4n) is 4.03. The number of nitrogens with zero attached hydrogens (tertiary/aromatic N) is 1. The molecule has 0 aliphatic carbocycles. The van der Waals surface area contributed by atoms with Crippen LogP contribution in [-0.4, -0.2) is 50.3 Å². The number of carbonyl (C=O) groups excluding carboxylic acids is 2. The topological polar surface area (TPSA) is 114 Å². The predicted octanol–water partition coefficient (Wildman–Crippen LogP) is 3.17. The van der Waals surface area contributed by atoms with Gasteiger partial charge in [0.1, 0.15) is 17.5 Å². The van der Waals surface area contributed by atoms with Crippen molar-refractivity contribution in [3.05, 3.63) is 40.9 Å². The van der Waals surface area contributed by atoms with Crippen LogP contribution in [0.1, 0.15) is 25.3 Å². The van der Waals surface area contributed by atoms with Crippen molar-refractivity contribution >= 4 is 44.8 Å². The third-order valence-electron chi connectivity index (χ3n) is 5.72. The Morgan fingerprint density at radius 3 is 2.79 bits per heavy atom. The number of benzene rings is 2. The first-order chi connectivity index (χ1) is 15.6. The van der Waals surface area contributed by atoms with Gasteiger partial charge < -0.3 is 20.1 Å². The summed E-state index contributed by atoms with van der Waals surface area (Å²) in [5, 5.41) is 5.87. The smallest absolute Gasteiger partial charge is 0.265 e. The molecule has 2 amide bonds. The number of aryl methyl sites for hydroxylation is 1. The number of fused-ring (bicyclic) bond motifs is 1. The van der Waals surface area contributed by atoms with Crippen LogP contribution < -0.4 is 20.1 Å². The third kappa shape index (κ3) is 4.38. The molecule has 33 heavy (non-hydrogen) atoms. The summed E-state index contributed by atoms with van der Waals surface area (Å²) < 4.78 is 39.2. The van der Waals surface area contributed by atoms with E-state index in [1.165, 1.54) is 17.5 Å². The lowest BCUT2D eigenvalue weighted by molar-refractivity contribution is -0.122. The highest BCUT2D eigenvalue weighted by molar-refractivity contribution is 7.89. The number of carbonyl (C=O) groups is 2. The maximum atomic E-state index is 13.6. The molecule has 1 fully saturated rings. The molecule has 176 valence electrons. The van der Waals surface area contributed by atoms with Crippen molar-refractivity contribution < 1.29 is 27.5 Å². The number of sulfonamides is 1. The Kier molecular flexibility index (Phi) is 6.26. The van der Waals surface area contributed by atoms with Crippen molar-refractivity contribution in [2.24, 2.45) is 0 Å². The van der Waals surface area contributed by atoms with E-state index in [1.807, 2.05) is 0 Å². The lowest BCUT2D eigenvalue weighted by Crippen LogP contribution is -2.43. The fraction of sp³-hybridized carbons (Fsp3) is 0.364. The Balaban J connectivity index is 1.63. The van der Waals surface area contributed by atoms with Crippen molar-refractivity contribution in [3.8, 4) is 11.5 Å². The van der Waals surface area contributed by atoms with E-state index in [2.05, 4.69) is 10.6 Å². The zero-order valence-electron chi connectivity index (χ0n) is 18.3. The van der Waals surface area contributed by atoms with E-state index in [4.69, 9.17) is 21.1 Å². The first-order valence-corrected chi connectivity index (χ1v) is 12.2. The van der Waals surface area contributed by atoms with E-state index >= 15 is 0 Å². The average molecular weight is 494 g/mol. The summed E-state index contributed by atoms with van der Waals surface area (Å²) in [6.07, 6.45) is 0.174. The lowest BCUT2D eigenvalue weighted by atomic mass is 10.1. The molecule has 0 spiro atoms. The van der Waals surface area contributed by atoms with E-state index in [1.54, 1.807) is 38.1 Å². The first-order valence-electron chi connectivity index (χ1n) is 10.4. The number of hydrogen-bond acceptors (Lipinski definition) is 6. The Bertz CT molecular complexity index is 1230. The van der Waals surface area contributed by atoms with Crippen LogP contribution in [0.3, 0.4) is 0 Å². The Hall–Kier alpha value is -2.82. The zero-order valence-corrected chi connectivity index (χ0v) is 19.9. The number of anilines is 2. The van der Waals surface area contributed by atoms with Gasteiger partial charge in [0, 0.05) is 17.6 Å². The molecule has 11 heteroatoms. The minimum absolute atomic E-state index is 0.0321. The fourth-order valence-corrected chi connectivity index (χ4v) is 6.08. The van der Waals surface area contributed by atoms with Gasteiger partial charge in [0.2, 0.25) is 15.9 Å². The van der Waals surface area contributed by atoms with E-state index in [-0.39, 0.29) is 23.1 Å². The number of nitrogens with one attached hydrogen (secondary N) is 2. The van der Waals surface area contributed by atoms with Gasteiger partial charge in [0.05, 0.1) is 23.4 Å². The molecule has 2 aliphatic heterocycles. The van der Waals surface area contributed by atoms with Gasteiger partial charge in [-0.3, -0.25) is 9.59 Å². The van der Waals surface area contributed by atoms with E-state index in [9.17, 15) is 18.0 Å². The summed E-state index contributed by atoms with van der Waals surface area (Å²) in [5.74, 6) is -0.0799. The van der Waals surface area contributed by atoms with Gasteiger partial charge in [-0.1, -0.05) is 11.6 Å². The molecule has 4 rings (SSSR count). The molecule has 0 bridgehead atoms. The number of ether oxygens (including phenoxy) is 2. The van der Waals surface area contributed by atoms with Crippen molar-refractivity contribution in [3.63, 3.8) is 0 Å². The quantitative estimate of drug-likeness (QED) is 0.661. The van der Waals surface area contributed by atoms with E-state index < -0.39 is 28.1 Å². The predicted molar refractivity (Wildman–Crippen MR) is 123 cm³/mol. The van der Waals surface area contributed by atoms with Gasteiger partial charge >= 0.3 is 0 Å². The molecule has 2 N–H and O–H groups in total. The monoisotopic (exact) mass is 493 g/mol. The molecular formula is C22H24ClN3O6S. The molecule has 9 nitrogen and oxygen atoms in total. The van der Waals surface area contributed by atoms with Crippen molar-refractivity contribution in [1.82, 2.24) is 4.31 Å². The van der Waals surface area contributed by atoms with Crippen LogP contribution in [0.25, 0.3) is 0 Å². The number of rotatable bonds is 5. The average Bonchev–Trinajstić information content (AvgIpc) is 3.26. The van der Waals surface area contributed by atoms with Crippen LogP contribution in [0.15, 0.2) is 35.2 Å². The van der Waals surface area contributed by atoms with Crippen LogP contribution in [0.2, 0.25) is 5.02 Å². The number of methoxy groups -OCH3 is 1. The van der Waals surface area contributed by atoms with Crippen molar-refractivity contribution in [2.75, 3.05) is 24.3 Å². The molecule has 2 aromatic carbocycles. The summed E-state index contributed by atoms with van der Waals surface area (Å²) in [5.41, 5.74) is 1.22. The molecule has 2 atom stereocenters. The number of amides is 2. The second-order valence-electron chi connectivity index (χ2n) is 7.97. The second-order valence-corrected chi connectivity index (χ2v) is 10.3. The number of hydrogen-bond donors (Lipinski definition) is 2. The molecule has 0 aromatic heterocycles. The van der Waals surface area contributed by atoms with Gasteiger partial charge in [-0.2, -0.15) is 4.31 Å². The van der Waals surface area contributed by atoms with Gasteiger partial charge in [-0.15, -0.1) is 0 Å². The zero-order chi connectivity index (χ0) is 23.9. The number of halogens is 1. The van der Waals surface area contributed by atoms with Crippen LogP contribution >= 0.6 is 11.6 Å². The Labute approximate surface area is 197 Å². The first kappa shape index (κ1) is 23.3. The summed E-state index contributed by atoms with van der Waals surface area (Å²) in [7, 11) is -2.55. The minimum Gasteiger partial charge on any atom is -0.495 e. The summed E-state index contributed by atoms with van der Waals surface area (Å²) in [4.78, 5) is 25.0. The Morgan fingerprint density at radius 2 is 2.06 bits per heavy atom. The largest absolute Gasteiger partial charge is 0.495 e. The van der Waals surface area contributed by atoms with Crippen molar-refractivity contribution in [1.29, 1.82) is 0 Å². The van der Waals surface area contributed by atoms with Crippen molar-refractivity contribution in [2.45, 2.75) is 43.7 Å². The standard InChI is InChI=1S/C22H24ClN3O6S/c1-12-9-15-19(32-13(2)21(27)24-15)11-20(12)33(29,30)26-8-4-5-17(26)22(28)25-16-10-14(23)6-7-18(16)31-3/h6-7,9-11,13,17H,4-5,8H2,1-3H3,(H,24,27)(H,25,28)/t13-,17+/m0/s1. The third-order valence-corrected chi connectivity index (χ3v) is 8.01. The molecular weight excluding hydrogens is 470 g/mol. The van der Waals surface area contributed by atoms with Gasteiger partial charge in [0.25, 0.3) is 5.91 Å².